The molecule has 0 unspecified atom stereocenters. The molecule has 0 saturated carbocycles. The van der Waals surface area contributed by atoms with Gasteiger partial charge in [0.15, 0.2) is 5.72 Å². The highest BCUT2D eigenvalue weighted by Crippen LogP contribution is 2.51. The number of likely N-dealkylation sites (tertiary alicyclic amines) is 1. The van der Waals surface area contributed by atoms with Gasteiger partial charge in [0.25, 0.3) is 0 Å². The van der Waals surface area contributed by atoms with E-state index in [1.807, 2.05) is 18.2 Å². The number of carbonyl (C=O) groups is 1. The Morgan fingerprint density at radius 2 is 2.35 bits per heavy atom. The maximum Gasteiger partial charge on any atom is 0.223 e. The molecule has 3 heterocycles. The third kappa shape index (κ3) is 1.68. The van der Waals surface area contributed by atoms with E-state index >= 15 is 0 Å². The van der Waals surface area contributed by atoms with Gasteiger partial charge in [-0.25, -0.2) is 0 Å². The Balaban J connectivity index is 1.86. The van der Waals surface area contributed by atoms with Crippen molar-refractivity contribution in [2.45, 2.75) is 24.5 Å². The quantitative estimate of drug-likeness (QED) is 0.795. The SMILES string of the molecule is [11CH3]N1CC[C@@]23NC(=O)C[C@H](c4cc(Cl)ccc4O2)[C@H]3C1. The second kappa shape index (κ2) is 4.12. The highest BCUT2D eigenvalue weighted by molar-refractivity contribution is 6.30. The van der Waals surface area contributed by atoms with E-state index in [1.54, 1.807) is 0 Å². The molecule has 0 radical (unpaired) electrons. The van der Waals surface area contributed by atoms with Crippen LogP contribution in [0.1, 0.15) is 24.3 Å². The van der Waals surface area contributed by atoms with E-state index in [1.165, 1.54) is 0 Å². The van der Waals surface area contributed by atoms with Crippen LogP contribution in [-0.2, 0) is 4.79 Å². The first kappa shape index (κ1) is 12.5. The average molecular weight is 292 g/mol. The number of fused-ring (bicyclic) bond motifs is 2. The fourth-order valence-corrected chi connectivity index (χ4v) is 4.11. The molecule has 0 aromatic heterocycles. The largest absolute Gasteiger partial charge is 0.467 e. The molecule has 1 amide bonds. The molecule has 1 aromatic rings. The lowest BCUT2D eigenvalue weighted by molar-refractivity contribution is -0.152. The second-order valence-electron chi connectivity index (χ2n) is 6.15. The number of halogens is 1. The summed E-state index contributed by atoms with van der Waals surface area (Å²) >= 11 is 6.13. The molecule has 3 atom stereocenters. The predicted molar refractivity (Wildman–Crippen MR) is 75.9 cm³/mol. The van der Waals surface area contributed by atoms with Crippen molar-refractivity contribution >= 4 is 17.5 Å². The first-order valence-electron chi connectivity index (χ1n) is 7.05. The minimum absolute atomic E-state index is 0.0847. The molecule has 3 aliphatic rings. The lowest BCUT2D eigenvalue weighted by Crippen LogP contribution is -2.69. The van der Waals surface area contributed by atoms with E-state index < -0.39 is 5.72 Å². The van der Waals surface area contributed by atoms with Crippen molar-refractivity contribution in [3.05, 3.63) is 28.8 Å². The summed E-state index contributed by atoms with van der Waals surface area (Å²) < 4.78 is 6.25. The van der Waals surface area contributed by atoms with E-state index in [0.717, 1.165) is 30.8 Å². The van der Waals surface area contributed by atoms with E-state index in [9.17, 15) is 4.79 Å². The molecule has 1 N–H and O–H groups in total. The fraction of sp³-hybridized carbons (Fsp3) is 0.533. The highest BCUT2D eigenvalue weighted by atomic mass is 35.5. The molecule has 4 rings (SSSR count). The maximum atomic E-state index is 12.1. The number of hydrogen-bond acceptors (Lipinski definition) is 3. The minimum atomic E-state index is -0.520. The van der Waals surface area contributed by atoms with E-state index in [2.05, 4.69) is 17.3 Å². The Kier molecular flexibility index (Phi) is 2.57. The van der Waals surface area contributed by atoms with Crippen molar-refractivity contribution in [1.29, 1.82) is 0 Å². The lowest BCUT2D eigenvalue weighted by Gasteiger charge is -2.55. The summed E-state index contributed by atoms with van der Waals surface area (Å²) in [5.41, 5.74) is 0.566. The van der Waals surface area contributed by atoms with Gasteiger partial charge in [0, 0.05) is 42.8 Å². The van der Waals surface area contributed by atoms with Crippen molar-refractivity contribution in [2.24, 2.45) is 5.92 Å². The number of hydrogen-bond donors (Lipinski definition) is 1. The first-order chi connectivity index (χ1) is 9.57. The highest BCUT2D eigenvalue weighted by Gasteiger charge is 2.56. The molecule has 0 aliphatic carbocycles. The van der Waals surface area contributed by atoms with Gasteiger partial charge in [-0.3, -0.25) is 4.79 Å². The standard InChI is InChI=1S/C15H17ClN2O2/c1-18-5-4-15-12(8-18)10(7-14(19)17-15)11-6-9(16)2-3-13(11)20-15/h2-3,6,10,12H,4-5,7-8H2,1H3,(H,17,19)/t10-,12-,15-/m1/s1/i1-1. The topological polar surface area (TPSA) is 41.6 Å². The molecule has 2 saturated heterocycles. The summed E-state index contributed by atoms with van der Waals surface area (Å²) in [6.07, 6.45) is 1.36. The van der Waals surface area contributed by atoms with Crippen LogP contribution in [0.5, 0.6) is 5.75 Å². The number of nitrogens with one attached hydrogen (secondary N) is 1. The van der Waals surface area contributed by atoms with Crippen LogP contribution in [0.3, 0.4) is 0 Å². The Bertz CT molecular complexity index is 591. The lowest BCUT2D eigenvalue weighted by atomic mass is 9.69. The van der Waals surface area contributed by atoms with Gasteiger partial charge >= 0.3 is 0 Å². The van der Waals surface area contributed by atoms with Gasteiger partial charge in [-0.15, -0.1) is 0 Å². The van der Waals surface area contributed by atoms with Gasteiger partial charge in [-0.1, -0.05) is 11.6 Å². The molecule has 2 bridgehead atoms. The second-order valence-corrected chi connectivity index (χ2v) is 6.59. The number of ether oxygens (including phenoxy) is 1. The zero-order valence-corrected chi connectivity index (χ0v) is 12.1. The smallest absolute Gasteiger partial charge is 0.223 e. The number of rotatable bonds is 0. The summed E-state index contributed by atoms with van der Waals surface area (Å²) in [5, 5.41) is 3.82. The van der Waals surface area contributed by atoms with Gasteiger partial charge in [0.05, 0.1) is 0 Å². The van der Waals surface area contributed by atoms with Crippen molar-refractivity contribution in [3.63, 3.8) is 0 Å². The number of benzene rings is 1. The van der Waals surface area contributed by atoms with Gasteiger partial charge in [0.2, 0.25) is 5.91 Å². The van der Waals surface area contributed by atoms with Gasteiger partial charge in [-0.05, 0) is 30.8 Å². The summed E-state index contributed by atoms with van der Waals surface area (Å²) in [4.78, 5) is 14.4. The van der Waals surface area contributed by atoms with Crippen LogP contribution < -0.4 is 10.1 Å². The van der Waals surface area contributed by atoms with Crippen molar-refractivity contribution in [3.8, 4) is 5.75 Å². The fourth-order valence-electron chi connectivity index (χ4n) is 3.93. The Morgan fingerprint density at radius 3 is 3.20 bits per heavy atom. The zero-order chi connectivity index (χ0) is 13.9. The molecule has 106 valence electrons. The van der Waals surface area contributed by atoms with Gasteiger partial charge in [0.1, 0.15) is 5.75 Å². The Labute approximate surface area is 123 Å². The third-order valence-electron chi connectivity index (χ3n) is 4.88. The van der Waals surface area contributed by atoms with E-state index in [4.69, 9.17) is 16.3 Å². The van der Waals surface area contributed by atoms with Gasteiger partial charge < -0.3 is 15.0 Å². The average Bonchev–Trinajstić information content (AvgIpc) is 2.40. The molecule has 4 nitrogen and oxygen atoms in total. The van der Waals surface area contributed by atoms with Crippen LogP contribution in [0, 0.1) is 5.92 Å². The van der Waals surface area contributed by atoms with Crippen molar-refractivity contribution < 1.29 is 9.53 Å². The molecule has 3 aliphatic heterocycles. The molecule has 1 aromatic carbocycles. The number of nitrogens with zero attached hydrogens (tertiary/aromatic N) is 1. The van der Waals surface area contributed by atoms with E-state index in [0.29, 0.717) is 17.4 Å². The minimum Gasteiger partial charge on any atom is -0.467 e. The molecular weight excluding hydrogens is 275 g/mol. The summed E-state index contributed by atoms with van der Waals surface area (Å²) in [5.74, 6) is 1.46. The van der Waals surface area contributed by atoms with Crippen molar-refractivity contribution in [2.75, 3.05) is 20.1 Å². The number of piperidine rings is 2. The van der Waals surface area contributed by atoms with Crippen LogP contribution in [0.15, 0.2) is 18.2 Å². The molecule has 0 spiro atoms. The monoisotopic (exact) mass is 291 g/mol. The summed E-state index contributed by atoms with van der Waals surface area (Å²) in [6.45, 7) is 1.88. The van der Waals surface area contributed by atoms with Crippen LogP contribution in [0.25, 0.3) is 0 Å². The zero-order valence-electron chi connectivity index (χ0n) is 11.4. The predicted octanol–water partition coefficient (Wildman–Crippen LogP) is 1.98. The summed E-state index contributed by atoms with van der Waals surface area (Å²) in [7, 11) is 2.12. The van der Waals surface area contributed by atoms with Gasteiger partial charge in [-0.2, -0.15) is 0 Å². The molecule has 20 heavy (non-hydrogen) atoms. The molecular formula is C15H17ClN2O2. The van der Waals surface area contributed by atoms with Crippen LogP contribution in [0.2, 0.25) is 5.02 Å². The van der Waals surface area contributed by atoms with Crippen LogP contribution in [0.4, 0.5) is 0 Å². The summed E-state index contributed by atoms with van der Waals surface area (Å²) in [6, 6.07) is 5.74. The molecule has 5 heteroatoms. The number of carbonyl (C=O) groups excluding carboxylic acids is 1. The Hall–Kier alpha value is -1.26. The normalized spacial score (nSPS) is 35.6. The van der Waals surface area contributed by atoms with E-state index in [-0.39, 0.29) is 11.8 Å². The Morgan fingerprint density at radius 1 is 1.50 bits per heavy atom. The van der Waals surface area contributed by atoms with Crippen LogP contribution >= 0.6 is 11.6 Å². The molecule has 2 fully saturated rings. The maximum absolute atomic E-state index is 12.1. The third-order valence-corrected chi connectivity index (χ3v) is 5.11. The number of amides is 1. The van der Waals surface area contributed by atoms with Crippen molar-refractivity contribution in [1.82, 2.24) is 10.2 Å². The van der Waals surface area contributed by atoms with Crippen LogP contribution in [-0.4, -0.2) is 36.7 Å². The first-order valence-corrected chi connectivity index (χ1v) is 7.43.